The molecule has 0 aromatic heterocycles. The summed E-state index contributed by atoms with van der Waals surface area (Å²) in [6, 6.07) is 0. The summed E-state index contributed by atoms with van der Waals surface area (Å²) in [6.07, 6.45) is 3.05. The van der Waals surface area contributed by atoms with Crippen LogP contribution in [0.4, 0.5) is 0 Å². The molecule has 4 N–H and O–H groups in total. The van der Waals surface area contributed by atoms with Gasteiger partial charge in [-0.15, -0.1) is 0 Å². The smallest absolute Gasteiger partial charge is 0.196 e. The van der Waals surface area contributed by atoms with Crippen molar-refractivity contribution in [3.05, 3.63) is 45.6 Å². The van der Waals surface area contributed by atoms with Crippen molar-refractivity contribution < 1.29 is 44.2 Å². The van der Waals surface area contributed by atoms with E-state index in [1.54, 1.807) is 12.2 Å². The highest BCUT2D eigenvalue weighted by molar-refractivity contribution is 6.15. The van der Waals surface area contributed by atoms with Crippen molar-refractivity contribution >= 4 is 11.6 Å². The molecule has 0 saturated carbocycles. The van der Waals surface area contributed by atoms with Crippen LogP contribution in [0.1, 0.15) is 78.3 Å². The van der Waals surface area contributed by atoms with Gasteiger partial charge in [-0.1, -0.05) is 12.2 Å². The quantitative estimate of drug-likeness (QED) is 0.449. The summed E-state index contributed by atoms with van der Waals surface area (Å²) >= 11 is 0. The molecule has 0 radical (unpaired) electrons. The molecule has 9 heteroatoms. The number of methoxy groups -OCH3 is 1. The number of fused-ring (bicyclic) bond motifs is 2. The summed E-state index contributed by atoms with van der Waals surface area (Å²) in [4.78, 5) is 26.2. The van der Waals surface area contributed by atoms with Gasteiger partial charge in [0, 0.05) is 35.3 Å². The molecule has 0 spiro atoms. The van der Waals surface area contributed by atoms with E-state index in [1.807, 2.05) is 6.92 Å². The number of aromatic hydroxyl groups is 2. The van der Waals surface area contributed by atoms with Crippen molar-refractivity contribution in [1.82, 2.24) is 0 Å². The van der Waals surface area contributed by atoms with Crippen LogP contribution in [0.5, 0.6) is 11.5 Å². The number of ketones is 2. The van der Waals surface area contributed by atoms with E-state index >= 15 is 0 Å². The number of benzene rings is 1. The van der Waals surface area contributed by atoms with Crippen LogP contribution < -0.4 is 0 Å². The highest BCUT2D eigenvalue weighted by Gasteiger charge is 2.45. The number of aliphatic hydroxyl groups excluding tert-OH is 2. The van der Waals surface area contributed by atoms with Gasteiger partial charge in [0.1, 0.15) is 24.2 Å². The Bertz CT molecular complexity index is 1150. The maximum atomic E-state index is 13.7. The minimum Gasteiger partial charge on any atom is -0.507 e. The Labute approximate surface area is 209 Å². The van der Waals surface area contributed by atoms with Gasteiger partial charge in [-0.3, -0.25) is 9.59 Å². The number of carbonyl (C=O) groups excluding carboxylic acids is 2. The molecule has 1 aromatic rings. The van der Waals surface area contributed by atoms with E-state index in [0.717, 1.165) is 12.8 Å². The lowest BCUT2D eigenvalue weighted by atomic mass is 9.72. The molecule has 0 bridgehead atoms. The molecule has 6 atom stereocenters. The average Bonchev–Trinajstić information content (AvgIpc) is 2.87. The topological polar surface area (TPSA) is 143 Å². The molecule has 4 aliphatic rings. The number of rotatable bonds is 5. The van der Waals surface area contributed by atoms with E-state index in [4.69, 9.17) is 14.2 Å². The maximum absolute atomic E-state index is 13.7. The van der Waals surface area contributed by atoms with Crippen molar-refractivity contribution in [2.45, 2.75) is 76.2 Å². The normalized spacial score (nSPS) is 31.6. The molecule has 9 nitrogen and oxygen atoms in total. The van der Waals surface area contributed by atoms with Crippen LogP contribution in [-0.4, -0.2) is 64.2 Å². The van der Waals surface area contributed by atoms with E-state index in [-0.39, 0.29) is 58.3 Å². The Kier molecular flexibility index (Phi) is 6.78. The number of hydrogen-bond acceptors (Lipinski definition) is 9. The van der Waals surface area contributed by atoms with Crippen molar-refractivity contribution in [2.24, 2.45) is 5.92 Å². The first-order valence-corrected chi connectivity index (χ1v) is 12.5. The lowest BCUT2D eigenvalue weighted by Gasteiger charge is -2.38. The summed E-state index contributed by atoms with van der Waals surface area (Å²) in [5.41, 5.74) is 0.761. The number of Topliss-reactive ketones (excluding diaryl/α,β-unsaturated/α-hetero) is 2. The first kappa shape index (κ1) is 25.1. The van der Waals surface area contributed by atoms with Crippen LogP contribution in [-0.2, 0) is 25.4 Å². The van der Waals surface area contributed by atoms with Crippen LogP contribution in [0.15, 0.2) is 23.3 Å². The SMILES string of the molecule is COC1CC=CC2=C1C(=O)c1c(O)c3c(c(O)c1C2O)C[C@H](C(=O)CO)C[C@@H]3O[C@@H]1CCC[C@@H](C)O1. The number of phenols is 2. The van der Waals surface area contributed by atoms with Gasteiger partial charge in [0.25, 0.3) is 0 Å². The van der Waals surface area contributed by atoms with Gasteiger partial charge in [-0.25, -0.2) is 0 Å². The molecule has 3 aliphatic carbocycles. The van der Waals surface area contributed by atoms with Crippen molar-refractivity contribution in [3.8, 4) is 11.5 Å². The predicted octanol–water partition coefficient (Wildman–Crippen LogP) is 2.70. The minimum absolute atomic E-state index is 0.0142. The Balaban J connectivity index is 1.65. The Morgan fingerprint density at radius 3 is 2.64 bits per heavy atom. The number of phenolic OH excluding ortho intramolecular Hbond substituents is 2. The lowest BCUT2D eigenvalue weighted by molar-refractivity contribution is -0.216. The zero-order valence-electron chi connectivity index (χ0n) is 20.4. The third-order valence-electron chi connectivity index (χ3n) is 7.87. The van der Waals surface area contributed by atoms with Crippen LogP contribution in [0, 0.1) is 5.92 Å². The van der Waals surface area contributed by atoms with Crippen LogP contribution >= 0.6 is 0 Å². The fourth-order valence-electron chi connectivity index (χ4n) is 6.05. The molecule has 1 heterocycles. The summed E-state index contributed by atoms with van der Waals surface area (Å²) in [7, 11) is 1.47. The van der Waals surface area contributed by atoms with Crippen LogP contribution in [0.3, 0.4) is 0 Å². The highest BCUT2D eigenvalue weighted by Crippen LogP contribution is 2.54. The van der Waals surface area contributed by atoms with Gasteiger partial charge >= 0.3 is 0 Å². The molecule has 5 rings (SSSR count). The van der Waals surface area contributed by atoms with Gasteiger partial charge in [0.05, 0.1) is 23.9 Å². The largest absolute Gasteiger partial charge is 0.507 e. The Hall–Kier alpha value is -2.56. The molecule has 1 aliphatic heterocycles. The number of hydrogen-bond donors (Lipinski definition) is 4. The second kappa shape index (κ2) is 9.72. The van der Waals surface area contributed by atoms with Crippen molar-refractivity contribution in [2.75, 3.05) is 13.7 Å². The number of carbonyl (C=O) groups is 2. The van der Waals surface area contributed by atoms with E-state index in [2.05, 4.69) is 0 Å². The zero-order valence-corrected chi connectivity index (χ0v) is 20.4. The molecule has 36 heavy (non-hydrogen) atoms. The summed E-state index contributed by atoms with van der Waals surface area (Å²) < 4.78 is 17.6. The fourth-order valence-corrected chi connectivity index (χ4v) is 6.05. The molecular weight excluding hydrogens is 468 g/mol. The van der Waals surface area contributed by atoms with Gasteiger partial charge in [0.2, 0.25) is 0 Å². The summed E-state index contributed by atoms with van der Waals surface area (Å²) in [5.74, 6) is -2.33. The predicted molar refractivity (Wildman–Crippen MR) is 127 cm³/mol. The van der Waals surface area contributed by atoms with Crippen molar-refractivity contribution in [3.63, 3.8) is 0 Å². The van der Waals surface area contributed by atoms with Crippen molar-refractivity contribution in [1.29, 1.82) is 0 Å². The molecular formula is C27H32O9. The lowest BCUT2D eigenvalue weighted by Crippen LogP contribution is -2.35. The molecule has 1 saturated heterocycles. The molecule has 1 aromatic carbocycles. The average molecular weight is 501 g/mol. The van der Waals surface area contributed by atoms with Gasteiger partial charge < -0.3 is 34.6 Å². The third-order valence-corrected chi connectivity index (χ3v) is 7.87. The number of aliphatic hydroxyl groups is 2. The first-order chi connectivity index (χ1) is 17.3. The fraction of sp³-hybridized carbons (Fsp3) is 0.556. The van der Waals surface area contributed by atoms with Gasteiger partial charge in [-0.2, -0.15) is 0 Å². The van der Waals surface area contributed by atoms with Gasteiger partial charge in [0.15, 0.2) is 17.9 Å². The number of ether oxygens (including phenoxy) is 3. The van der Waals surface area contributed by atoms with E-state index in [9.17, 15) is 30.0 Å². The van der Waals surface area contributed by atoms with E-state index < -0.39 is 48.7 Å². The zero-order chi connectivity index (χ0) is 25.7. The van der Waals surface area contributed by atoms with Crippen LogP contribution in [0.25, 0.3) is 0 Å². The summed E-state index contributed by atoms with van der Waals surface area (Å²) in [6.45, 7) is 1.28. The Morgan fingerprint density at radius 1 is 1.17 bits per heavy atom. The maximum Gasteiger partial charge on any atom is 0.196 e. The second-order valence-electron chi connectivity index (χ2n) is 10.0. The Morgan fingerprint density at radius 2 is 1.94 bits per heavy atom. The molecule has 1 fully saturated rings. The second-order valence-corrected chi connectivity index (χ2v) is 10.0. The monoisotopic (exact) mass is 500 g/mol. The summed E-state index contributed by atoms with van der Waals surface area (Å²) in [5, 5.41) is 43.6. The minimum atomic E-state index is -1.37. The van der Waals surface area contributed by atoms with Gasteiger partial charge in [-0.05, 0) is 51.0 Å². The van der Waals surface area contributed by atoms with E-state index in [1.165, 1.54) is 7.11 Å². The van der Waals surface area contributed by atoms with E-state index in [0.29, 0.717) is 18.4 Å². The van der Waals surface area contributed by atoms with Crippen LogP contribution in [0.2, 0.25) is 0 Å². The molecule has 194 valence electrons. The molecule has 2 unspecified atom stereocenters. The third kappa shape index (κ3) is 3.99. The standard InChI is InChI=1S/C27H32O9/c1-12-5-3-8-19(35-12)36-18-10-13(16(29)11-28)9-15-21(18)27(33)23-22(25(15)31)24(30)14-6-4-7-17(34-2)20(14)26(23)32/h4,6,12-13,17-19,24,28,30-31,33H,3,5,7-11H2,1-2H3/t12-,13+,17?,18+,19-,24?/m1/s1. The highest BCUT2D eigenvalue weighted by atomic mass is 16.7. The molecule has 0 amide bonds. The first-order valence-electron chi connectivity index (χ1n) is 12.5.